The average molecular weight is 320 g/mol. The summed E-state index contributed by atoms with van der Waals surface area (Å²) in [5.74, 6) is 0.666. The van der Waals surface area contributed by atoms with Gasteiger partial charge >= 0.3 is 6.03 Å². The van der Waals surface area contributed by atoms with Crippen molar-refractivity contribution in [1.29, 1.82) is 0 Å². The molecule has 0 unspecified atom stereocenters. The molecule has 1 N–H and O–H groups in total. The number of carbonyl (C=O) groups excluding carboxylic acids is 1. The summed E-state index contributed by atoms with van der Waals surface area (Å²) in [5.41, 5.74) is 1.32. The summed E-state index contributed by atoms with van der Waals surface area (Å²) < 4.78 is 17.0. The lowest BCUT2D eigenvalue weighted by Crippen LogP contribution is -2.57. The van der Waals surface area contributed by atoms with E-state index in [-0.39, 0.29) is 17.7 Å². The molecule has 3 rings (SSSR count). The lowest BCUT2D eigenvalue weighted by atomic mass is 9.94. The monoisotopic (exact) mass is 320 g/mol. The second-order valence-corrected chi connectivity index (χ2v) is 6.18. The number of benzene rings is 1. The second kappa shape index (κ2) is 6.37. The predicted molar refractivity (Wildman–Crippen MR) is 87.0 cm³/mol. The molecule has 2 aliphatic heterocycles. The Bertz CT molecular complexity index is 592. The number of urea groups is 1. The van der Waals surface area contributed by atoms with E-state index in [0.29, 0.717) is 32.1 Å². The molecule has 1 aromatic carbocycles. The van der Waals surface area contributed by atoms with E-state index in [2.05, 4.69) is 5.32 Å². The van der Waals surface area contributed by atoms with E-state index in [1.165, 1.54) is 0 Å². The number of para-hydroxylation sites is 1. The van der Waals surface area contributed by atoms with Gasteiger partial charge in [-0.2, -0.15) is 0 Å². The van der Waals surface area contributed by atoms with Crippen LogP contribution in [-0.2, 0) is 9.47 Å². The van der Waals surface area contributed by atoms with Gasteiger partial charge in [0.2, 0.25) is 0 Å². The number of carbonyl (C=O) groups is 1. The maximum Gasteiger partial charge on any atom is 0.322 e. The van der Waals surface area contributed by atoms with Crippen LogP contribution in [0.25, 0.3) is 0 Å². The Labute approximate surface area is 136 Å². The van der Waals surface area contributed by atoms with Crippen LogP contribution in [-0.4, -0.2) is 56.0 Å². The number of anilines is 1. The maximum atomic E-state index is 12.7. The van der Waals surface area contributed by atoms with Gasteiger partial charge in [0.05, 0.1) is 32.1 Å². The van der Waals surface area contributed by atoms with Crippen LogP contribution in [0.1, 0.15) is 18.9 Å². The fourth-order valence-corrected chi connectivity index (χ4v) is 3.30. The van der Waals surface area contributed by atoms with E-state index in [1.54, 1.807) is 12.0 Å². The third-order valence-electron chi connectivity index (χ3n) is 4.82. The van der Waals surface area contributed by atoms with Gasteiger partial charge in [0, 0.05) is 19.6 Å². The zero-order chi connectivity index (χ0) is 16.4. The van der Waals surface area contributed by atoms with Gasteiger partial charge in [0.1, 0.15) is 11.4 Å². The van der Waals surface area contributed by atoms with E-state index in [4.69, 9.17) is 14.2 Å². The number of aryl methyl sites for hydroxylation is 1. The zero-order valence-electron chi connectivity index (χ0n) is 13.9. The molecule has 2 fully saturated rings. The van der Waals surface area contributed by atoms with Crippen LogP contribution in [0, 0.1) is 6.92 Å². The molecule has 0 aliphatic carbocycles. The van der Waals surface area contributed by atoms with E-state index in [9.17, 15) is 4.79 Å². The van der Waals surface area contributed by atoms with Crippen molar-refractivity contribution in [2.24, 2.45) is 0 Å². The van der Waals surface area contributed by atoms with Gasteiger partial charge in [0.25, 0.3) is 0 Å². The molecule has 6 heteroatoms. The molecular weight excluding hydrogens is 296 g/mol. The number of morpholine rings is 1. The molecule has 2 amide bonds. The maximum absolute atomic E-state index is 12.7. The first-order valence-corrected chi connectivity index (χ1v) is 8.01. The molecule has 1 spiro atoms. The highest BCUT2D eigenvalue weighted by molar-refractivity contribution is 5.92. The third kappa shape index (κ3) is 3.01. The van der Waals surface area contributed by atoms with Crippen molar-refractivity contribution < 1.29 is 19.0 Å². The van der Waals surface area contributed by atoms with Gasteiger partial charge in [-0.3, -0.25) is 0 Å². The zero-order valence-corrected chi connectivity index (χ0v) is 13.9. The molecule has 2 aliphatic rings. The summed E-state index contributed by atoms with van der Waals surface area (Å²) in [7, 11) is 1.60. The number of hydrogen-bond acceptors (Lipinski definition) is 4. The topological polar surface area (TPSA) is 60.0 Å². The molecule has 2 atom stereocenters. The fraction of sp³-hybridized carbons (Fsp3) is 0.588. The Kier molecular flexibility index (Phi) is 4.46. The molecule has 2 heterocycles. The number of nitrogens with one attached hydrogen (secondary N) is 1. The molecule has 2 saturated heterocycles. The second-order valence-electron chi connectivity index (χ2n) is 6.18. The molecule has 0 bridgehead atoms. The third-order valence-corrected chi connectivity index (χ3v) is 4.82. The minimum Gasteiger partial charge on any atom is -0.495 e. The quantitative estimate of drug-likeness (QED) is 0.909. The molecule has 23 heavy (non-hydrogen) atoms. The van der Waals surface area contributed by atoms with Crippen molar-refractivity contribution >= 4 is 11.7 Å². The molecular formula is C17H24N2O4. The Hall–Kier alpha value is -1.79. The molecule has 0 saturated carbocycles. The number of nitrogens with zero attached hydrogens (tertiary/aromatic N) is 1. The molecule has 1 aromatic rings. The van der Waals surface area contributed by atoms with E-state index in [0.717, 1.165) is 17.7 Å². The first-order chi connectivity index (χ1) is 11.1. The fourth-order valence-electron chi connectivity index (χ4n) is 3.30. The van der Waals surface area contributed by atoms with Crippen molar-refractivity contribution in [3.63, 3.8) is 0 Å². The number of ether oxygens (including phenoxy) is 3. The Morgan fingerprint density at radius 3 is 2.96 bits per heavy atom. The summed E-state index contributed by atoms with van der Waals surface area (Å²) >= 11 is 0. The molecule has 126 valence electrons. The standard InChI is InChI=1S/C17H24N2O4/c1-12-5-4-6-14(21-3)15(12)18-16(20)19-8-10-23-17(11-19)7-9-22-13(17)2/h4-6,13H,7-11H2,1-3H3,(H,18,20)/t13-,17-/m0/s1. The van der Waals surface area contributed by atoms with Crippen molar-refractivity contribution in [3.05, 3.63) is 23.8 Å². The Morgan fingerprint density at radius 2 is 2.26 bits per heavy atom. The van der Waals surface area contributed by atoms with Crippen molar-refractivity contribution in [2.75, 3.05) is 38.7 Å². The molecule has 0 radical (unpaired) electrons. The van der Waals surface area contributed by atoms with Crippen molar-refractivity contribution in [3.8, 4) is 5.75 Å². The van der Waals surface area contributed by atoms with Crippen LogP contribution in [0.5, 0.6) is 5.75 Å². The average Bonchev–Trinajstić information content (AvgIpc) is 2.89. The lowest BCUT2D eigenvalue weighted by molar-refractivity contribution is -0.124. The minimum absolute atomic E-state index is 0.00565. The number of methoxy groups -OCH3 is 1. The summed E-state index contributed by atoms with van der Waals surface area (Å²) in [4.78, 5) is 14.5. The highest BCUT2D eigenvalue weighted by atomic mass is 16.6. The highest BCUT2D eigenvalue weighted by Crippen LogP contribution is 2.34. The summed E-state index contributed by atoms with van der Waals surface area (Å²) in [6.07, 6.45) is 0.831. The van der Waals surface area contributed by atoms with E-state index < -0.39 is 0 Å². The summed E-state index contributed by atoms with van der Waals surface area (Å²) in [6, 6.07) is 5.58. The van der Waals surface area contributed by atoms with Crippen molar-refractivity contribution in [2.45, 2.75) is 32.0 Å². The van der Waals surface area contributed by atoms with Crippen LogP contribution in [0.4, 0.5) is 10.5 Å². The van der Waals surface area contributed by atoms with Gasteiger partial charge in [-0.1, -0.05) is 12.1 Å². The minimum atomic E-state index is -0.370. The van der Waals surface area contributed by atoms with Crippen molar-refractivity contribution in [1.82, 2.24) is 4.90 Å². The van der Waals surface area contributed by atoms with Crippen LogP contribution >= 0.6 is 0 Å². The lowest BCUT2D eigenvalue weighted by Gasteiger charge is -2.42. The highest BCUT2D eigenvalue weighted by Gasteiger charge is 2.47. The number of amides is 2. The number of rotatable bonds is 2. The van der Waals surface area contributed by atoms with Crippen LogP contribution in [0.15, 0.2) is 18.2 Å². The largest absolute Gasteiger partial charge is 0.495 e. The van der Waals surface area contributed by atoms with Crippen LogP contribution < -0.4 is 10.1 Å². The summed E-state index contributed by atoms with van der Waals surface area (Å²) in [6.45, 7) is 6.31. The van der Waals surface area contributed by atoms with Gasteiger partial charge in [-0.25, -0.2) is 4.79 Å². The first-order valence-electron chi connectivity index (χ1n) is 8.01. The first kappa shape index (κ1) is 16.1. The van der Waals surface area contributed by atoms with Gasteiger partial charge in [-0.15, -0.1) is 0 Å². The Morgan fingerprint density at radius 1 is 1.43 bits per heavy atom. The van der Waals surface area contributed by atoms with Gasteiger partial charge < -0.3 is 24.4 Å². The summed E-state index contributed by atoms with van der Waals surface area (Å²) in [5, 5.41) is 2.99. The van der Waals surface area contributed by atoms with E-state index in [1.807, 2.05) is 32.0 Å². The molecule has 6 nitrogen and oxygen atoms in total. The van der Waals surface area contributed by atoms with Crippen LogP contribution in [0.2, 0.25) is 0 Å². The van der Waals surface area contributed by atoms with Gasteiger partial charge in [0.15, 0.2) is 0 Å². The predicted octanol–water partition coefficient (Wildman–Crippen LogP) is 2.42. The molecule has 0 aromatic heterocycles. The van der Waals surface area contributed by atoms with Crippen LogP contribution in [0.3, 0.4) is 0 Å². The number of hydrogen-bond donors (Lipinski definition) is 1. The normalized spacial score (nSPS) is 27.3. The van der Waals surface area contributed by atoms with E-state index >= 15 is 0 Å². The SMILES string of the molecule is COc1cccc(C)c1NC(=O)N1CCO[C@@]2(CCO[C@H]2C)C1. The smallest absolute Gasteiger partial charge is 0.322 e. The Balaban J connectivity index is 1.74. The van der Waals surface area contributed by atoms with Gasteiger partial charge in [-0.05, 0) is 25.5 Å².